The van der Waals surface area contributed by atoms with Crippen molar-refractivity contribution in [1.82, 2.24) is 19.7 Å². The van der Waals surface area contributed by atoms with Crippen molar-refractivity contribution >= 4 is 28.6 Å². The molecule has 3 rings (SSSR count). The molecule has 0 bridgehead atoms. The molecule has 2 heterocycles. The normalized spacial score (nSPS) is 10.9. The van der Waals surface area contributed by atoms with Gasteiger partial charge < -0.3 is 5.11 Å². The van der Waals surface area contributed by atoms with Crippen LogP contribution in [0.1, 0.15) is 0 Å². The Labute approximate surface area is 122 Å². The number of aromatic amines is 1. The summed E-state index contributed by atoms with van der Waals surface area (Å²) in [4.78, 5) is 26.8. The Balaban J connectivity index is 2.07. The monoisotopic (exact) mass is 302 g/mol. The zero-order chi connectivity index (χ0) is 14.8. The fourth-order valence-electron chi connectivity index (χ4n) is 1.92. The highest BCUT2D eigenvalue weighted by Crippen LogP contribution is 2.19. The van der Waals surface area contributed by atoms with Gasteiger partial charge in [0.15, 0.2) is 5.16 Å². The first-order valence-corrected chi connectivity index (χ1v) is 7.01. The molecular formula is C13H10N4O3S. The van der Waals surface area contributed by atoms with Crippen LogP contribution in [0, 0.1) is 0 Å². The number of carboxylic acid groups (broad SMARTS) is 1. The summed E-state index contributed by atoms with van der Waals surface area (Å²) in [6.45, 7) is 0. The zero-order valence-electron chi connectivity index (χ0n) is 10.7. The molecule has 0 aliphatic heterocycles. The van der Waals surface area contributed by atoms with E-state index in [-0.39, 0.29) is 5.75 Å². The molecule has 0 saturated heterocycles. The van der Waals surface area contributed by atoms with Crippen LogP contribution in [0.4, 0.5) is 0 Å². The van der Waals surface area contributed by atoms with Crippen molar-refractivity contribution in [3.63, 3.8) is 0 Å². The van der Waals surface area contributed by atoms with Crippen LogP contribution in [0.15, 0.2) is 46.5 Å². The number of hydrogen-bond acceptors (Lipinski definition) is 5. The number of aliphatic carboxylic acids is 1. The van der Waals surface area contributed by atoms with Crippen molar-refractivity contribution in [3.05, 3.63) is 47.0 Å². The number of fused-ring (bicyclic) bond motifs is 1. The van der Waals surface area contributed by atoms with Crippen LogP contribution in [-0.4, -0.2) is 36.6 Å². The van der Waals surface area contributed by atoms with E-state index in [9.17, 15) is 9.59 Å². The van der Waals surface area contributed by atoms with Gasteiger partial charge in [0.1, 0.15) is 0 Å². The number of nitrogens with zero attached hydrogens (tertiary/aromatic N) is 3. The predicted molar refractivity (Wildman–Crippen MR) is 77.8 cm³/mol. The largest absolute Gasteiger partial charge is 0.481 e. The van der Waals surface area contributed by atoms with E-state index < -0.39 is 11.7 Å². The highest BCUT2D eigenvalue weighted by Gasteiger charge is 2.13. The summed E-state index contributed by atoms with van der Waals surface area (Å²) in [5.74, 6) is -1.15. The number of carboxylic acids is 1. The quantitative estimate of drug-likeness (QED) is 0.704. The standard InChI is InChI=1S/C13H10N4O3S/c18-11(19)7-21-13-16-15-12(20)17(13)9-5-8-3-1-2-4-10(8)14-6-9/h1-6H,7H2,(H,15,20)(H,18,19). The molecule has 0 amide bonds. The first kappa shape index (κ1) is 13.4. The van der Waals surface area contributed by atoms with Crippen LogP contribution in [0.2, 0.25) is 0 Å². The third kappa shape index (κ3) is 2.65. The van der Waals surface area contributed by atoms with Crippen LogP contribution < -0.4 is 5.69 Å². The average molecular weight is 302 g/mol. The molecule has 8 heteroatoms. The van der Waals surface area contributed by atoms with Gasteiger partial charge in [-0.05, 0) is 12.1 Å². The number of benzene rings is 1. The zero-order valence-corrected chi connectivity index (χ0v) is 11.5. The molecule has 0 aliphatic rings. The molecule has 0 atom stereocenters. The number of thioether (sulfide) groups is 1. The van der Waals surface area contributed by atoms with Crippen LogP contribution >= 0.6 is 11.8 Å². The second-order valence-corrected chi connectivity index (χ2v) is 5.16. The molecule has 2 N–H and O–H groups in total. The Morgan fingerprint density at radius 2 is 2.19 bits per heavy atom. The van der Waals surface area contributed by atoms with Crippen molar-refractivity contribution in [2.75, 3.05) is 5.75 Å². The summed E-state index contributed by atoms with van der Waals surface area (Å²) in [5, 5.41) is 16.1. The summed E-state index contributed by atoms with van der Waals surface area (Å²) in [5.41, 5.74) is 0.929. The maximum Gasteiger partial charge on any atom is 0.348 e. The van der Waals surface area contributed by atoms with E-state index >= 15 is 0 Å². The number of hydrogen-bond donors (Lipinski definition) is 2. The van der Waals surface area contributed by atoms with Crippen LogP contribution in [0.25, 0.3) is 16.6 Å². The molecule has 0 aliphatic carbocycles. The Kier molecular flexibility index (Phi) is 3.44. The maximum atomic E-state index is 11.9. The van der Waals surface area contributed by atoms with Crippen LogP contribution in [0.3, 0.4) is 0 Å². The fraction of sp³-hybridized carbons (Fsp3) is 0.0769. The van der Waals surface area contributed by atoms with E-state index in [2.05, 4.69) is 15.2 Å². The second kappa shape index (κ2) is 5.41. The summed E-state index contributed by atoms with van der Waals surface area (Å²) in [7, 11) is 0. The van der Waals surface area contributed by atoms with Crippen molar-refractivity contribution in [2.45, 2.75) is 5.16 Å². The van der Waals surface area contributed by atoms with E-state index in [1.165, 1.54) is 4.57 Å². The molecule has 0 spiro atoms. The van der Waals surface area contributed by atoms with Gasteiger partial charge in [-0.25, -0.2) is 14.5 Å². The van der Waals surface area contributed by atoms with Gasteiger partial charge in [0, 0.05) is 5.39 Å². The van der Waals surface area contributed by atoms with E-state index in [0.29, 0.717) is 10.8 Å². The first-order valence-electron chi connectivity index (χ1n) is 6.02. The highest BCUT2D eigenvalue weighted by atomic mass is 32.2. The van der Waals surface area contributed by atoms with Crippen molar-refractivity contribution in [3.8, 4) is 5.69 Å². The minimum absolute atomic E-state index is 0.175. The van der Waals surface area contributed by atoms with E-state index in [1.54, 1.807) is 6.20 Å². The number of nitrogens with one attached hydrogen (secondary N) is 1. The predicted octanol–water partition coefficient (Wildman–Crippen LogP) is 1.29. The highest BCUT2D eigenvalue weighted by molar-refractivity contribution is 7.99. The Morgan fingerprint density at radius 3 is 3.00 bits per heavy atom. The minimum Gasteiger partial charge on any atom is -0.481 e. The van der Waals surface area contributed by atoms with Gasteiger partial charge in [0.25, 0.3) is 0 Å². The molecule has 106 valence electrons. The number of carbonyl (C=O) groups is 1. The molecule has 0 saturated carbocycles. The number of para-hydroxylation sites is 1. The van der Waals surface area contributed by atoms with Crippen molar-refractivity contribution in [1.29, 1.82) is 0 Å². The van der Waals surface area contributed by atoms with E-state index in [0.717, 1.165) is 22.7 Å². The van der Waals surface area contributed by atoms with Gasteiger partial charge in [-0.15, -0.1) is 5.10 Å². The lowest BCUT2D eigenvalue weighted by Crippen LogP contribution is -2.16. The lowest BCUT2D eigenvalue weighted by molar-refractivity contribution is -0.133. The molecule has 1 aromatic carbocycles. The third-order valence-electron chi connectivity index (χ3n) is 2.80. The fourth-order valence-corrected chi connectivity index (χ4v) is 2.60. The summed E-state index contributed by atoms with van der Waals surface area (Å²) < 4.78 is 1.31. The lowest BCUT2D eigenvalue weighted by Gasteiger charge is -2.05. The lowest BCUT2D eigenvalue weighted by atomic mass is 10.2. The Bertz CT molecular complexity index is 871. The summed E-state index contributed by atoms with van der Waals surface area (Å²) in [6.07, 6.45) is 1.56. The smallest absolute Gasteiger partial charge is 0.348 e. The van der Waals surface area contributed by atoms with Gasteiger partial charge in [0.05, 0.1) is 23.2 Å². The second-order valence-electron chi connectivity index (χ2n) is 4.22. The maximum absolute atomic E-state index is 11.9. The topological polar surface area (TPSA) is 101 Å². The van der Waals surface area contributed by atoms with E-state index in [4.69, 9.17) is 5.11 Å². The number of H-pyrrole nitrogens is 1. The SMILES string of the molecule is O=C(O)CSc1n[nH]c(=O)n1-c1cnc2ccccc2c1. The molecule has 2 aromatic heterocycles. The third-order valence-corrected chi connectivity index (χ3v) is 3.72. The summed E-state index contributed by atoms with van der Waals surface area (Å²) in [6, 6.07) is 9.33. The molecule has 7 nitrogen and oxygen atoms in total. The van der Waals surface area contributed by atoms with Crippen molar-refractivity contribution in [2.24, 2.45) is 0 Å². The number of aromatic nitrogens is 4. The average Bonchev–Trinajstić information content (AvgIpc) is 2.85. The molecule has 0 radical (unpaired) electrons. The van der Waals surface area contributed by atoms with Crippen LogP contribution in [-0.2, 0) is 4.79 Å². The van der Waals surface area contributed by atoms with Gasteiger partial charge in [-0.3, -0.25) is 9.78 Å². The summed E-state index contributed by atoms with van der Waals surface area (Å²) >= 11 is 0.969. The van der Waals surface area contributed by atoms with Crippen LogP contribution in [0.5, 0.6) is 0 Å². The number of pyridine rings is 1. The molecular weight excluding hydrogens is 292 g/mol. The Morgan fingerprint density at radius 1 is 1.38 bits per heavy atom. The molecule has 3 aromatic rings. The van der Waals surface area contributed by atoms with Gasteiger partial charge in [-0.1, -0.05) is 30.0 Å². The van der Waals surface area contributed by atoms with Gasteiger partial charge in [0.2, 0.25) is 0 Å². The molecule has 0 fully saturated rings. The van der Waals surface area contributed by atoms with E-state index in [1.807, 2.05) is 30.3 Å². The van der Waals surface area contributed by atoms with Gasteiger partial charge >= 0.3 is 11.7 Å². The Hall–Kier alpha value is -2.61. The minimum atomic E-state index is -0.973. The van der Waals surface area contributed by atoms with Crippen molar-refractivity contribution < 1.29 is 9.90 Å². The van der Waals surface area contributed by atoms with Gasteiger partial charge in [-0.2, -0.15) is 0 Å². The molecule has 21 heavy (non-hydrogen) atoms. The number of rotatable bonds is 4. The first-order chi connectivity index (χ1) is 10.1. The molecule has 0 unspecified atom stereocenters.